The van der Waals surface area contributed by atoms with Crippen LogP contribution in [0.15, 0.2) is 48.5 Å². The topological polar surface area (TPSA) is 111 Å². The number of rotatable bonds is 8. The third-order valence-corrected chi connectivity index (χ3v) is 3.45. The van der Waals surface area contributed by atoms with Gasteiger partial charge in [-0.05, 0) is 23.8 Å². The molecule has 2 amide bonds. The standard InChI is InChI=1S/C18H19N3O5/c1-2-17(22)20-14-8-6-13(7-9-14)11-19-18(23)12-26-16-5-3-4-15(10-16)21(24)25/h3-10H,2,11-12H2,1H3,(H,19,23)(H,20,22). The molecule has 0 saturated heterocycles. The molecule has 0 atom stereocenters. The van der Waals surface area contributed by atoms with E-state index in [9.17, 15) is 19.7 Å². The van der Waals surface area contributed by atoms with Crippen LogP contribution in [0.3, 0.4) is 0 Å². The van der Waals surface area contributed by atoms with Crippen molar-refractivity contribution in [3.05, 3.63) is 64.2 Å². The molecule has 8 heteroatoms. The summed E-state index contributed by atoms with van der Waals surface area (Å²) in [6.45, 7) is 1.83. The smallest absolute Gasteiger partial charge is 0.273 e. The summed E-state index contributed by atoms with van der Waals surface area (Å²) in [4.78, 5) is 33.3. The fourth-order valence-corrected chi connectivity index (χ4v) is 2.04. The quantitative estimate of drug-likeness (QED) is 0.557. The zero-order valence-corrected chi connectivity index (χ0v) is 14.2. The Hall–Kier alpha value is -3.42. The predicted octanol–water partition coefficient (Wildman–Crippen LogP) is 2.64. The van der Waals surface area contributed by atoms with Gasteiger partial charge in [0.25, 0.3) is 11.6 Å². The maximum Gasteiger partial charge on any atom is 0.273 e. The molecule has 0 heterocycles. The van der Waals surface area contributed by atoms with Crippen molar-refractivity contribution >= 4 is 23.2 Å². The molecule has 0 aliphatic rings. The summed E-state index contributed by atoms with van der Waals surface area (Å²) < 4.78 is 5.26. The van der Waals surface area contributed by atoms with E-state index in [1.54, 1.807) is 37.3 Å². The number of non-ortho nitro benzene ring substituents is 1. The van der Waals surface area contributed by atoms with Crippen molar-refractivity contribution in [3.63, 3.8) is 0 Å². The van der Waals surface area contributed by atoms with Crippen molar-refractivity contribution in [1.82, 2.24) is 5.32 Å². The maximum absolute atomic E-state index is 11.8. The van der Waals surface area contributed by atoms with Crippen LogP contribution in [0.4, 0.5) is 11.4 Å². The summed E-state index contributed by atoms with van der Waals surface area (Å²) in [7, 11) is 0. The van der Waals surface area contributed by atoms with Crippen molar-refractivity contribution in [2.24, 2.45) is 0 Å². The molecule has 0 radical (unpaired) electrons. The summed E-state index contributed by atoms with van der Waals surface area (Å²) in [6, 6.07) is 12.8. The van der Waals surface area contributed by atoms with E-state index in [1.807, 2.05) is 0 Å². The highest BCUT2D eigenvalue weighted by atomic mass is 16.6. The summed E-state index contributed by atoms with van der Waals surface area (Å²) in [5.74, 6) is -0.158. The Labute approximate surface area is 150 Å². The average molecular weight is 357 g/mol. The van der Waals surface area contributed by atoms with E-state index in [4.69, 9.17) is 4.74 Å². The van der Waals surface area contributed by atoms with Gasteiger partial charge in [0.2, 0.25) is 5.91 Å². The zero-order chi connectivity index (χ0) is 18.9. The first-order chi connectivity index (χ1) is 12.5. The van der Waals surface area contributed by atoms with Crippen LogP contribution in [0.2, 0.25) is 0 Å². The van der Waals surface area contributed by atoms with Crippen LogP contribution in [0.5, 0.6) is 5.75 Å². The molecule has 136 valence electrons. The molecule has 26 heavy (non-hydrogen) atoms. The van der Waals surface area contributed by atoms with E-state index in [0.29, 0.717) is 18.7 Å². The van der Waals surface area contributed by atoms with Crippen molar-refractivity contribution in [3.8, 4) is 5.75 Å². The van der Waals surface area contributed by atoms with E-state index >= 15 is 0 Å². The Bertz CT molecular complexity index is 790. The number of hydrogen-bond donors (Lipinski definition) is 2. The number of anilines is 1. The molecule has 2 rings (SSSR count). The summed E-state index contributed by atoms with van der Waals surface area (Å²) in [5, 5.41) is 16.1. The lowest BCUT2D eigenvalue weighted by Gasteiger charge is -2.08. The molecule has 0 aliphatic heterocycles. The van der Waals surface area contributed by atoms with Crippen LogP contribution < -0.4 is 15.4 Å². The largest absolute Gasteiger partial charge is 0.484 e. The highest BCUT2D eigenvalue weighted by Crippen LogP contribution is 2.18. The van der Waals surface area contributed by atoms with E-state index in [0.717, 1.165) is 5.56 Å². The van der Waals surface area contributed by atoms with Crippen LogP contribution in [0, 0.1) is 10.1 Å². The number of carbonyl (C=O) groups is 2. The number of benzene rings is 2. The molecule has 0 fully saturated rings. The van der Waals surface area contributed by atoms with Crippen LogP contribution in [-0.2, 0) is 16.1 Å². The highest BCUT2D eigenvalue weighted by Gasteiger charge is 2.08. The molecule has 8 nitrogen and oxygen atoms in total. The van der Waals surface area contributed by atoms with Gasteiger partial charge in [-0.3, -0.25) is 19.7 Å². The molecular weight excluding hydrogens is 338 g/mol. The Morgan fingerprint density at radius 3 is 2.50 bits per heavy atom. The Morgan fingerprint density at radius 2 is 1.85 bits per heavy atom. The SMILES string of the molecule is CCC(=O)Nc1ccc(CNC(=O)COc2cccc([N+](=O)[O-])c2)cc1. The second-order valence-electron chi connectivity index (χ2n) is 5.42. The molecule has 2 aromatic carbocycles. The number of carbonyl (C=O) groups excluding carboxylic acids is 2. The van der Waals surface area contributed by atoms with Crippen molar-refractivity contribution in [1.29, 1.82) is 0 Å². The lowest BCUT2D eigenvalue weighted by Crippen LogP contribution is -2.28. The molecule has 2 N–H and O–H groups in total. The number of nitrogens with one attached hydrogen (secondary N) is 2. The van der Waals surface area contributed by atoms with Gasteiger partial charge < -0.3 is 15.4 Å². The van der Waals surface area contributed by atoms with Gasteiger partial charge in [-0.25, -0.2) is 0 Å². The number of nitrogens with zero attached hydrogens (tertiary/aromatic N) is 1. The van der Waals surface area contributed by atoms with Gasteiger partial charge in [0.05, 0.1) is 11.0 Å². The first kappa shape index (κ1) is 18.9. The molecule has 0 spiro atoms. The van der Waals surface area contributed by atoms with E-state index in [2.05, 4.69) is 10.6 Å². The molecule has 0 unspecified atom stereocenters. The average Bonchev–Trinajstić information content (AvgIpc) is 2.66. The third kappa shape index (κ3) is 5.90. The van der Waals surface area contributed by atoms with Crippen molar-refractivity contribution < 1.29 is 19.2 Å². The summed E-state index contributed by atoms with van der Waals surface area (Å²) in [6.07, 6.45) is 0.405. The molecular formula is C18H19N3O5. The summed E-state index contributed by atoms with van der Waals surface area (Å²) >= 11 is 0. The lowest BCUT2D eigenvalue weighted by atomic mass is 10.2. The van der Waals surface area contributed by atoms with Gasteiger partial charge in [-0.2, -0.15) is 0 Å². The zero-order valence-electron chi connectivity index (χ0n) is 14.2. The van der Waals surface area contributed by atoms with Gasteiger partial charge in [-0.15, -0.1) is 0 Å². The first-order valence-electron chi connectivity index (χ1n) is 8.00. The predicted molar refractivity (Wildman–Crippen MR) is 95.8 cm³/mol. The lowest BCUT2D eigenvalue weighted by molar-refractivity contribution is -0.384. The highest BCUT2D eigenvalue weighted by molar-refractivity contribution is 5.90. The van der Waals surface area contributed by atoms with Crippen LogP contribution in [-0.4, -0.2) is 23.3 Å². The van der Waals surface area contributed by atoms with Crippen LogP contribution >= 0.6 is 0 Å². The van der Waals surface area contributed by atoms with Gasteiger partial charge in [0, 0.05) is 24.7 Å². The normalized spacial score (nSPS) is 10.0. The number of amides is 2. The van der Waals surface area contributed by atoms with Gasteiger partial charge >= 0.3 is 0 Å². The van der Waals surface area contributed by atoms with Crippen molar-refractivity contribution in [2.45, 2.75) is 19.9 Å². The fourth-order valence-electron chi connectivity index (χ4n) is 2.04. The molecule has 0 aliphatic carbocycles. The maximum atomic E-state index is 11.8. The van der Waals surface area contributed by atoms with Crippen LogP contribution in [0.25, 0.3) is 0 Å². The first-order valence-corrected chi connectivity index (χ1v) is 8.00. The second kappa shape index (κ2) is 9.16. The van der Waals surface area contributed by atoms with Gasteiger partial charge in [0.1, 0.15) is 5.75 Å². The number of nitro groups is 1. The van der Waals surface area contributed by atoms with E-state index in [-0.39, 0.29) is 29.9 Å². The van der Waals surface area contributed by atoms with Gasteiger partial charge in [0.15, 0.2) is 6.61 Å². The molecule has 2 aromatic rings. The number of ether oxygens (including phenoxy) is 1. The monoisotopic (exact) mass is 357 g/mol. The number of hydrogen-bond acceptors (Lipinski definition) is 5. The Morgan fingerprint density at radius 1 is 1.12 bits per heavy atom. The minimum atomic E-state index is -0.528. The molecule has 0 bridgehead atoms. The second-order valence-corrected chi connectivity index (χ2v) is 5.42. The van der Waals surface area contributed by atoms with Crippen molar-refractivity contribution in [2.75, 3.05) is 11.9 Å². The summed E-state index contributed by atoms with van der Waals surface area (Å²) in [5.41, 5.74) is 1.46. The minimum absolute atomic E-state index is 0.0654. The van der Waals surface area contributed by atoms with Gasteiger partial charge in [-0.1, -0.05) is 25.1 Å². The fraction of sp³-hybridized carbons (Fsp3) is 0.222. The molecule has 0 aromatic heterocycles. The minimum Gasteiger partial charge on any atom is -0.484 e. The molecule has 0 saturated carbocycles. The van der Waals surface area contributed by atoms with E-state index < -0.39 is 4.92 Å². The van der Waals surface area contributed by atoms with E-state index in [1.165, 1.54) is 18.2 Å². The van der Waals surface area contributed by atoms with Crippen LogP contribution in [0.1, 0.15) is 18.9 Å². The Kier molecular flexibility index (Phi) is 6.67. The number of nitro benzene ring substituents is 1. The third-order valence-electron chi connectivity index (χ3n) is 3.45. The Balaban J connectivity index is 1.79.